The van der Waals surface area contributed by atoms with Gasteiger partial charge in [-0.3, -0.25) is 14.4 Å². The van der Waals surface area contributed by atoms with Crippen molar-refractivity contribution in [2.24, 2.45) is 0 Å². The fraction of sp³-hybridized carbons (Fsp3) is 0.696. The molecule has 1 unspecified atom stereocenters. The number of carbonyl (C=O) groups is 3. The lowest BCUT2D eigenvalue weighted by Crippen LogP contribution is -2.30. The molecule has 0 aromatic carbocycles. The Balaban J connectivity index is 4.20. The van der Waals surface area contributed by atoms with E-state index >= 15 is 0 Å². The predicted molar refractivity (Wildman–Crippen MR) is 325 cm³/mol. The van der Waals surface area contributed by atoms with Gasteiger partial charge in [-0.25, -0.2) is 0 Å². The van der Waals surface area contributed by atoms with Crippen LogP contribution in [0, 0.1) is 0 Å². The molecular weight excluding hydrogens is 925 g/mol. The number of carbonyl (C=O) groups excluding carboxylic acids is 3. The minimum atomic E-state index is -0.785. The highest BCUT2D eigenvalue weighted by Gasteiger charge is 2.19. The van der Waals surface area contributed by atoms with E-state index < -0.39 is 6.10 Å². The smallest absolute Gasteiger partial charge is 0.306 e. The fourth-order valence-electron chi connectivity index (χ4n) is 8.57. The molecule has 6 nitrogen and oxygen atoms in total. The first-order chi connectivity index (χ1) is 37.0. The van der Waals surface area contributed by atoms with Gasteiger partial charge in [0, 0.05) is 19.3 Å². The molecule has 0 radical (unpaired) electrons. The number of hydrogen-bond acceptors (Lipinski definition) is 6. The zero-order valence-electron chi connectivity index (χ0n) is 49.0. The second-order valence-corrected chi connectivity index (χ2v) is 20.6. The second-order valence-electron chi connectivity index (χ2n) is 20.6. The summed E-state index contributed by atoms with van der Waals surface area (Å²) in [6.45, 7) is 6.47. The topological polar surface area (TPSA) is 78.9 Å². The Bertz CT molecular complexity index is 1520. The standard InChI is InChI=1S/C69H116O6/c1-4-7-10-13-16-18-20-22-24-26-28-30-32-33-34-35-37-38-40-42-44-46-48-50-53-56-59-62-68(71)74-65-66(64-73-67(70)61-58-55-52-15-12-9-6-3)75-69(72)63-60-57-54-51-49-47-45-43-41-39-36-31-29-27-25-23-21-19-17-14-11-8-5-2/h7,10,16,18,21-24,27-30,33-34,36-39,66H,4-6,8-9,11-15,17,19-20,25-26,31-32,35,40-65H2,1-3H3/b10-7-,18-16-,23-21-,24-22-,29-27-,30-28-,34-33-,38-37-,39-36-. The summed E-state index contributed by atoms with van der Waals surface area (Å²) in [5, 5.41) is 0. The maximum atomic E-state index is 12.9. The molecule has 0 rings (SSSR count). The SMILES string of the molecule is CC/C=C\C/C=C\C/C=C\C/C=C\C/C=C\C/C=C\CCCCCCCCCCC(=O)OCC(COC(=O)CCCCCCCCC)OC(=O)CCCCCCCCCC/C=C\C/C=C\C/C=C\CCCCCCC. The van der Waals surface area contributed by atoms with E-state index in [2.05, 4.69) is 130 Å². The van der Waals surface area contributed by atoms with Crippen LogP contribution in [0.3, 0.4) is 0 Å². The summed E-state index contributed by atoms with van der Waals surface area (Å²) in [6.07, 6.45) is 85.4. The summed E-state index contributed by atoms with van der Waals surface area (Å²) in [7, 11) is 0. The first-order valence-corrected chi connectivity index (χ1v) is 31.4. The summed E-state index contributed by atoms with van der Waals surface area (Å²) in [5.41, 5.74) is 0. The molecular formula is C69H116O6. The predicted octanol–water partition coefficient (Wildman–Crippen LogP) is 21.4. The van der Waals surface area contributed by atoms with Crippen LogP contribution in [0.5, 0.6) is 0 Å². The minimum absolute atomic E-state index is 0.0835. The lowest BCUT2D eigenvalue weighted by atomic mass is 10.1. The zero-order chi connectivity index (χ0) is 54.3. The van der Waals surface area contributed by atoms with Gasteiger partial charge in [0.2, 0.25) is 0 Å². The van der Waals surface area contributed by atoms with Crippen LogP contribution in [0.15, 0.2) is 109 Å². The van der Waals surface area contributed by atoms with Crippen LogP contribution < -0.4 is 0 Å². The minimum Gasteiger partial charge on any atom is -0.462 e. The molecule has 0 aliphatic rings. The number of unbranched alkanes of at least 4 members (excludes halogenated alkanes) is 27. The summed E-state index contributed by atoms with van der Waals surface area (Å²) >= 11 is 0. The Hall–Kier alpha value is -3.93. The number of rotatable bonds is 56. The van der Waals surface area contributed by atoms with Crippen LogP contribution in [-0.2, 0) is 28.6 Å². The maximum absolute atomic E-state index is 12.9. The van der Waals surface area contributed by atoms with Gasteiger partial charge in [0.05, 0.1) is 0 Å². The molecule has 0 aliphatic carbocycles. The molecule has 0 aromatic heterocycles. The van der Waals surface area contributed by atoms with Gasteiger partial charge in [-0.1, -0.05) is 271 Å². The molecule has 0 heterocycles. The molecule has 428 valence electrons. The van der Waals surface area contributed by atoms with E-state index in [-0.39, 0.29) is 31.1 Å². The number of ether oxygens (including phenoxy) is 3. The van der Waals surface area contributed by atoms with Gasteiger partial charge >= 0.3 is 17.9 Å². The lowest BCUT2D eigenvalue weighted by molar-refractivity contribution is -0.167. The molecule has 0 aromatic rings. The van der Waals surface area contributed by atoms with E-state index in [0.29, 0.717) is 19.3 Å². The summed E-state index contributed by atoms with van der Waals surface area (Å²) < 4.78 is 16.8. The quantitative estimate of drug-likeness (QED) is 0.0261. The van der Waals surface area contributed by atoms with E-state index in [1.807, 2.05) is 0 Å². The summed E-state index contributed by atoms with van der Waals surface area (Å²) in [4.78, 5) is 38.1. The molecule has 0 aliphatic heterocycles. The third-order valence-electron chi connectivity index (χ3n) is 13.3. The van der Waals surface area contributed by atoms with Gasteiger partial charge in [0.15, 0.2) is 6.10 Å². The van der Waals surface area contributed by atoms with Crippen molar-refractivity contribution < 1.29 is 28.6 Å². The van der Waals surface area contributed by atoms with Crippen molar-refractivity contribution >= 4 is 17.9 Å². The van der Waals surface area contributed by atoms with Gasteiger partial charge in [-0.2, -0.15) is 0 Å². The van der Waals surface area contributed by atoms with Gasteiger partial charge in [0.25, 0.3) is 0 Å². The van der Waals surface area contributed by atoms with Gasteiger partial charge in [0.1, 0.15) is 13.2 Å². The van der Waals surface area contributed by atoms with E-state index in [4.69, 9.17) is 14.2 Å². The Morgan fingerprint density at radius 1 is 0.280 bits per heavy atom. The molecule has 0 fully saturated rings. The van der Waals surface area contributed by atoms with Crippen LogP contribution in [0.25, 0.3) is 0 Å². The lowest BCUT2D eigenvalue weighted by Gasteiger charge is -2.18. The molecule has 0 spiro atoms. The third kappa shape index (κ3) is 60.8. The van der Waals surface area contributed by atoms with Crippen molar-refractivity contribution in [3.05, 3.63) is 109 Å². The Kier molecular flexibility index (Phi) is 59.3. The zero-order valence-corrected chi connectivity index (χ0v) is 49.0. The van der Waals surface area contributed by atoms with E-state index in [1.165, 1.54) is 128 Å². The molecule has 0 saturated heterocycles. The highest BCUT2D eigenvalue weighted by atomic mass is 16.6. The average molecular weight is 1040 g/mol. The van der Waals surface area contributed by atoms with Crippen molar-refractivity contribution in [1.82, 2.24) is 0 Å². The number of esters is 3. The van der Waals surface area contributed by atoms with Crippen molar-refractivity contribution in [3.8, 4) is 0 Å². The van der Waals surface area contributed by atoms with Crippen LogP contribution in [-0.4, -0.2) is 37.2 Å². The summed E-state index contributed by atoms with van der Waals surface area (Å²) in [5.74, 6) is -0.902. The molecule has 0 saturated carbocycles. The van der Waals surface area contributed by atoms with Crippen LogP contribution in [0.1, 0.15) is 290 Å². The number of hydrogen-bond donors (Lipinski definition) is 0. The Labute approximate surface area is 463 Å². The average Bonchev–Trinajstić information content (AvgIpc) is 3.41. The van der Waals surface area contributed by atoms with Crippen molar-refractivity contribution in [1.29, 1.82) is 0 Å². The van der Waals surface area contributed by atoms with Crippen molar-refractivity contribution in [3.63, 3.8) is 0 Å². The van der Waals surface area contributed by atoms with E-state index in [0.717, 1.165) is 122 Å². The molecule has 75 heavy (non-hydrogen) atoms. The fourth-order valence-corrected chi connectivity index (χ4v) is 8.57. The first-order valence-electron chi connectivity index (χ1n) is 31.4. The molecule has 0 bridgehead atoms. The third-order valence-corrected chi connectivity index (χ3v) is 13.3. The Morgan fingerprint density at radius 2 is 0.520 bits per heavy atom. The van der Waals surface area contributed by atoms with E-state index in [9.17, 15) is 14.4 Å². The van der Waals surface area contributed by atoms with Crippen molar-refractivity contribution in [2.45, 2.75) is 297 Å². The monoisotopic (exact) mass is 1040 g/mol. The van der Waals surface area contributed by atoms with Crippen LogP contribution >= 0.6 is 0 Å². The van der Waals surface area contributed by atoms with Gasteiger partial charge < -0.3 is 14.2 Å². The van der Waals surface area contributed by atoms with Crippen molar-refractivity contribution in [2.75, 3.05) is 13.2 Å². The molecule has 6 heteroatoms. The highest BCUT2D eigenvalue weighted by Crippen LogP contribution is 2.15. The largest absolute Gasteiger partial charge is 0.462 e. The molecule has 0 amide bonds. The maximum Gasteiger partial charge on any atom is 0.306 e. The first kappa shape index (κ1) is 71.1. The highest BCUT2D eigenvalue weighted by molar-refractivity contribution is 5.71. The van der Waals surface area contributed by atoms with Gasteiger partial charge in [-0.05, 0) is 109 Å². The molecule has 1 atom stereocenters. The van der Waals surface area contributed by atoms with Crippen LogP contribution in [0.2, 0.25) is 0 Å². The van der Waals surface area contributed by atoms with Crippen LogP contribution in [0.4, 0.5) is 0 Å². The summed E-state index contributed by atoms with van der Waals surface area (Å²) in [6, 6.07) is 0. The second kappa shape index (κ2) is 62.6. The Morgan fingerprint density at radius 3 is 0.813 bits per heavy atom. The molecule has 0 N–H and O–H groups in total. The number of allylic oxidation sites excluding steroid dienone is 18. The normalized spacial score (nSPS) is 12.8. The van der Waals surface area contributed by atoms with Gasteiger partial charge in [-0.15, -0.1) is 0 Å². The van der Waals surface area contributed by atoms with E-state index in [1.54, 1.807) is 0 Å².